The number of nitrogens with zero attached hydrogens (tertiary/aromatic N) is 4. The highest BCUT2D eigenvalue weighted by atomic mass is 16.5. The van der Waals surface area contributed by atoms with Crippen LogP contribution in [0.4, 0.5) is 0 Å². The van der Waals surface area contributed by atoms with Gasteiger partial charge >= 0.3 is 0 Å². The number of hydrogen-bond acceptors (Lipinski definition) is 5. The van der Waals surface area contributed by atoms with E-state index in [1.165, 1.54) is 22.3 Å². The molecule has 1 aromatic carbocycles. The molecular formula is C24H35N5O2. The normalized spacial score (nSPS) is 17.9. The number of nitrogens with one attached hydrogen (secondary N) is 1. The van der Waals surface area contributed by atoms with E-state index in [0.717, 1.165) is 63.5 Å². The SMILES string of the molecule is Cc1cc(C)c(CN2CCc3nnc(CCNC(=O)C4CCOCC4)n3CC2)cc1C. The van der Waals surface area contributed by atoms with E-state index < -0.39 is 0 Å². The van der Waals surface area contributed by atoms with Crippen LogP contribution in [0.1, 0.15) is 46.7 Å². The van der Waals surface area contributed by atoms with Crippen LogP contribution in [0.3, 0.4) is 0 Å². The lowest BCUT2D eigenvalue weighted by Crippen LogP contribution is -2.35. The van der Waals surface area contributed by atoms with E-state index in [1.54, 1.807) is 0 Å². The van der Waals surface area contributed by atoms with E-state index >= 15 is 0 Å². The van der Waals surface area contributed by atoms with Gasteiger partial charge in [0.15, 0.2) is 0 Å². The van der Waals surface area contributed by atoms with Gasteiger partial charge in [0.2, 0.25) is 5.91 Å². The molecule has 3 heterocycles. The fourth-order valence-electron chi connectivity index (χ4n) is 4.60. The second-order valence-corrected chi connectivity index (χ2v) is 9.00. The monoisotopic (exact) mass is 425 g/mol. The largest absolute Gasteiger partial charge is 0.381 e. The summed E-state index contributed by atoms with van der Waals surface area (Å²) in [5.41, 5.74) is 5.50. The number of aromatic nitrogens is 3. The number of benzene rings is 1. The second kappa shape index (κ2) is 9.92. The van der Waals surface area contributed by atoms with Gasteiger partial charge in [-0.1, -0.05) is 12.1 Å². The van der Waals surface area contributed by atoms with Crippen molar-refractivity contribution in [3.05, 3.63) is 46.0 Å². The number of ether oxygens (including phenoxy) is 1. The van der Waals surface area contributed by atoms with Crippen LogP contribution in [0.25, 0.3) is 0 Å². The van der Waals surface area contributed by atoms with Crippen molar-refractivity contribution in [2.24, 2.45) is 5.92 Å². The molecule has 1 amide bonds. The molecule has 0 bridgehead atoms. The summed E-state index contributed by atoms with van der Waals surface area (Å²) in [4.78, 5) is 14.9. The van der Waals surface area contributed by atoms with Gasteiger partial charge in [-0.25, -0.2) is 0 Å². The van der Waals surface area contributed by atoms with Crippen molar-refractivity contribution < 1.29 is 9.53 Å². The van der Waals surface area contributed by atoms with E-state index in [4.69, 9.17) is 4.74 Å². The van der Waals surface area contributed by atoms with Gasteiger partial charge < -0.3 is 14.6 Å². The Bertz CT molecular complexity index is 917. The van der Waals surface area contributed by atoms with Gasteiger partial charge in [0.25, 0.3) is 0 Å². The quantitative estimate of drug-likeness (QED) is 0.769. The molecule has 31 heavy (non-hydrogen) atoms. The van der Waals surface area contributed by atoms with Gasteiger partial charge in [-0.05, 0) is 55.9 Å². The van der Waals surface area contributed by atoms with Gasteiger partial charge in [0, 0.05) is 64.7 Å². The molecule has 4 rings (SSSR count). The number of amides is 1. The number of rotatable bonds is 6. The molecule has 1 N–H and O–H groups in total. The maximum atomic E-state index is 12.3. The molecule has 0 unspecified atom stereocenters. The number of carbonyl (C=O) groups is 1. The van der Waals surface area contributed by atoms with Gasteiger partial charge in [0.05, 0.1) is 0 Å². The van der Waals surface area contributed by atoms with E-state index in [9.17, 15) is 4.79 Å². The highest BCUT2D eigenvalue weighted by molar-refractivity contribution is 5.78. The van der Waals surface area contributed by atoms with Crippen molar-refractivity contribution in [3.8, 4) is 0 Å². The molecule has 2 aliphatic heterocycles. The van der Waals surface area contributed by atoms with Gasteiger partial charge in [-0.15, -0.1) is 10.2 Å². The molecule has 0 saturated carbocycles. The second-order valence-electron chi connectivity index (χ2n) is 9.00. The molecule has 1 fully saturated rings. The van der Waals surface area contributed by atoms with Crippen LogP contribution in [-0.2, 0) is 35.5 Å². The molecule has 0 aliphatic carbocycles. The fraction of sp³-hybridized carbons (Fsp3) is 0.625. The van der Waals surface area contributed by atoms with Crippen molar-refractivity contribution in [2.75, 3.05) is 32.8 Å². The Morgan fingerprint density at radius 1 is 1.06 bits per heavy atom. The third kappa shape index (κ3) is 5.33. The summed E-state index contributed by atoms with van der Waals surface area (Å²) in [5, 5.41) is 11.9. The molecule has 7 nitrogen and oxygen atoms in total. The summed E-state index contributed by atoms with van der Waals surface area (Å²) in [6, 6.07) is 4.63. The maximum Gasteiger partial charge on any atom is 0.223 e. The van der Waals surface area contributed by atoms with Crippen molar-refractivity contribution in [1.29, 1.82) is 0 Å². The van der Waals surface area contributed by atoms with Crippen LogP contribution in [0.5, 0.6) is 0 Å². The number of hydrogen-bond donors (Lipinski definition) is 1. The molecule has 2 aromatic rings. The first-order chi connectivity index (χ1) is 15.0. The topological polar surface area (TPSA) is 72.3 Å². The summed E-state index contributed by atoms with van der Waals surface area (Å²) in [7, 11) is 0. The Morgan fingerprint density at radius 2 is 1.84 bits per heavy atom. The smallest absolute Gasteiger partial charge is 0.223 e. The number of aryl methyl sites for hydroxylation is 3. The highest BCUT2D eigenvalue weighted by Gasteiger charge is 2.22. The lowest BCUT2D eigenvalue weighted by molar-refractivity contribution is -0.127. The summed E-state index contributed by atoms with van der Waals surface area (Å²) in [6.07, 6.45) is 3.27. The average molecular weight is 426 g/mol. The van der Waals surface area contributed by atoms with Crippen molar-refractivity contribution in [2.45, 2.75) is 59.5 Å². The third-order valence-corrected chi connectivity index (χ3v) is 6.78. The zero-order valence-corrected chi connectivity index (χ0v) is 19.1. The van der Waals surface area contributed by atoms with E-state index in [0.29, 0.717) is 19.8 Å². The molecule has 0 spiro atoms. The molecule has 1 saturated heterocycles. The van der Waals surface area contributed by atoms with Crippen LogP contribution in [0.2, 0.25) is 0 Å². The minimum absolute atomic E-state index is 0.0895. The Morgan fingerprint density at radius 3 is 2.65 bits per heavy atom. The summed E-state index contributed by atoms with van der Waals surface area (Å²) in [6.45, 7) is 12.4. The Kier molecular flexibility index (Phi) is 7.02. The predicted octanol–water partition coefficient (Wildman–Crippen LogP) is 2.35. The fourth-order valence-corrected chi connectivity index (χ4v) is 4.60. The zero-order valence-electron chi connectivity index (χ0n) is 19.1. The van der Waals surface area contributed by atoms with Crippen LogP contribution in [0, 0.1) is 26.7 Å². The van der Waals surface area contributed by atoms with Crippen molar-refractivity contribution in [1.82, 2.24) is 25.0 Å². The van der Waals surface area contributed by atoms with E-state index in [2.05, 4.69) is 57.9 Å². The molecular weight excluding hydrogens is 390 g/mol. The minimum Gasteiger partial charge on any atom is -0.381 e. The van der Waals surface area contributed by atoms with Crippen LogP contribution >= 0.6 is 0 Å². The number of carbonyl (C=O) groups excluding carboxylic acids is 1. The first kappa shape index (κ1) is 22.0. The third-order valence-electron chi connectivity index (χ3n) is 6.78. The summed E-state index contributed by atoms with van der Waals surface area (Å²) >= 11 is 0. The molecule has 7 heteroatoms. The Labute approximate surface area is 185 Å². The molecule has 2 aliphatic rings. The zero-order chi connectivity index (χ0) is 21.8. The molecule has 0 atom stereocenters. The average Bonchev–Trinajstić information content (AvgIpc) is 3.04. The molecule has 168 valence electrons. The van der Waals surface area contributed by atoms with Crippen LogP contribution in [-0.4, -0.2) is 58.4 Å². The lowest BCUT2D eigenvalue weighted by Gasteiger charge is -2.22. The highest BCUT2D eigenvalue weighted by Crippen LogP contribution is 2.19. The standard InChI is InChI=1S/C24H35N5O2/c1-17-14-19(3)21(15-18(17)2)16-28-9-5-23-27-26-22(29(23)11-10-28)4-8-25-24(30)20-6-12-31-13-7-20/h14-15,20H,4-13,16H2,1-3H3,(H,25,30). The van der Waals surface area contributed by atoms with Crippen molar-refractivity contribution in [3.63, 3.8) is 0 Å². The van der Waals surface area contributed by atoms with E-state index in [1.807, 2.05) is 0 Å². The Balaban J connectivity index is 1.31. The Hall–Kier alpha value is -2.25. The van der Waals surface area contributed by atoms with Crippen LogP contribution in [0.15, 0.2) is 12.1 Å². The molecule has 1 aromatic heterocycles. The van der Waals surface area contributed by atoms with E-state index in [-0.39, 0.29) is 11.8 Å². The summed E-state index contributed by atoms with van der Waals surface area (Å²) < 4.78 is 7.60. The first-order valence-corrected chi connectivity index (χ1v) is 11.6. The summed E-state index contributed by atoms with van der Waals surface area (Å²) in [5.74, 6) is 2.28. The predicted molar refractivity (Wildman–Crippen MR) is 120 cm³/mol. The number of fused-ring (bicyclic) bond motifs is 1. The minimum atomic E-state index is 0.0895. The maximum absolute atomic E-state index is 12.3. The first-order valence-electron chi connectivity index (χ1n) is 11.6. The van der Waals surface area contributed by atoms with Gasteiger partial charge in [0.1, 0.15) is 11.6 Å². The molecule has 0 radical (unpaired) electrons. The van der Waals surface area contributed by atoms with Gasteiger partial charge in [-0.2, -0.15) is 0 Å². The lowest BCUT2D eigenvalue weighted by atomic mass is 9.99. The van der Waals surface area contributed by atoms with Gasteiger partial charge in [-0.3, -0.25) is 9.69 Å². The van der Waals surface area contributed by atoms with Crippen LogP contribution < -0.4 is 5.32 Å². The van der Waals surface area contributed by atoms with Crippen molar-refractivity contribution >= 4 is 5.91 Å².